The molecule has 9 nitrogen and oxygen atoms in total. The molecule has 3 heterocycles. The number of aryl methyl sites for hydroxylation is 3. The summed E-state index contributed by atoms with van der Waals surface area (Å²) in [6.45, 7) is 5.39. The van der Waals surface area contributed by atoms with Crippen molar-refractivity contribution in [1.29, 1.82) is 0 Å². The van der Waals surface area contributed by atoms with E-state index >= 15 is 0 Å². The van der Waals surface area contributed by atoms with Gasteiger partial charge in [0.25, 0.3) is 5.91 Å². The minimum atomic E-state index is -4.60. The Morgan fingerprint density at radius 1 is 0.949 bits per heavy atom. The second kappa shape index (κ2) is 10.0. The molecular weight excluding hydrogens is 509 g/mol. The zero-order valence-corrected chi connectivity index (χ0v) is 21.2. The number of imidazole rings is 2. The molecule has 39 heavy (non-hydrogen) atoms. The van der Waals surface area contributed by atoms with E-state index in [1.165, 1.54) is 16.8 Å². The number of nitrogens with one attached hydrogen (secondary N) is 2. The summed E-state index contributed by atoms with van der Waals surface area (Å²) < 4.78 is 44.2. The van der Waals surface area contributed by atoms with E-state index in [4.69, 9.17) is 0 Å². The largest absolute Gasteiger partial charge is 0.416 e. The fraction of sp³-hybridized carbons (Fsp3) is 0.148. The zero-order valence-electron chi connectivity index (χ0n) is 21.2. The van der Waals surface area contributed by atoms with Gasteiger partial charge in [-0.25, -0.2) is 15.0 Å². The molecule has 0 aliphatic heterocycles. The summed E-state index contributed by atoms with van der Waals surface area (Å²) >= 11 is 0. The van der Waals surface area contributed by atoms with E-state index in [0.717, 1.165) is 23.4 Å². The van der Waals surface area contributed by atoms with Crippen molar-refractivity contribution < 1.29 is 18.0 Å². The SMILES string of the molecule is Cc1cn(-c2ccnc(Nc3cc(C(=O)Nc4cc(-n5ccnc5C)cc(C(F)(F)F)c4)ccc3C)n2)cn1. The number of rotatable bonds is 6. The highest BCUT2D eigenvalue weighted by Crippen LogP contribution is 2.33. The zero-order chi connectivity index (χ0) is 27.7. The second-order valence-electron chi connectivity index (χ2n) is 8.88. The van der Waals surface area contributed by atoms with Crippen LogP contribution in [0.15, 0.2) is 73.6 Å². The van der Waals surface area contributed by atoms with Gasteiger partial charge in [-0.2, -0.15) is 18.2 Å². The number of benzene rings is 2. The number of carbonyl (C=O) groups excluding carboxylic acids is 1. The minimum absolute atomic E-state index is 0.000306. The molecule has 5 aromatic rings. The Kier molecular flexibility index (Phi) is 6.60. The Hall–Kier alpha value is -5.00. The maximum atomic E-state index is 13.6. The number of aromatic nitrogens is 6. The van der Waals surface area contributed by atoms with Crippen LogP contribution in [0.1, 0.15) is 33.0 Å². The van der Waals surface area contributed by atoms with Crippen LogP contribution in [0.3, 0.4) is 0 Å². The van der Waals surface area contributed by atoms with Crippen LogP contribution < -0.4 is 10.6 Å². The first-order chi connectivity index (χ1) is 18.6. The van der Waals surface area contributed by atoms with Gasteiger partial charge in [-0.3, -0.25) is 9.36 Å². The molecule has 198 valence electrons. The van der Waals surface area contributed by atoms with Gasteiger partial charge >= 0.3 is 6.18 Å². The molecule has 0 radical (unpaired) electrons. The average Bonchev–Trinajstić information content (AvgIpc) is 3.53. The predicted octanol–water partition coefficient (Wildman–Crippen LogP) is 5.79. The average molecular weight is 533 g/mol. The Bertz CT molecular complexity index is 1670. The fourth-order valence-electron chi connectivity index (χ4n) is 3.96. The minimum Gasteiger partial charge on any atom is -0.324 e. The van der Waals surface area contributed by atoms with Crippen molar-refractivity contribution in [3.8, 4) is 11.5 Å². The van der Waals surface area contributed by atoms with Gasteiger partial charge in [0, 0.05) is 47.4 Å². The third-order valence-electron chi connectivity index (χ3n) is 5.97. The van der Waals surface area contributed by atoms with Crippen molar-refractivity contribution in [1.82, 2.24) is 29.1 Å². The standard InChI is InChI=1S/C27H23F3N8O/c1-16-4-5-19(10-23(16)35-26-32-7-6-24(36-26)37-14-17(2)33-15-37)25(39)34-21-11-20(27(28,29)30)12-22(13-21)38-9-8-31-18(38)3/h4-15H,1-3H3,(H,34,39)(H,32,35,36). The highest BCUT2D eigenvalue weighted by Gasteiger charge is 2.31. The van der Waals surface area contributed by atoms with Crippen LogP contribution in [0.25, 0.3) is 11.5 Å². The molecule has 0 saturated carbocycles. The van der Waals surface area contributed by atoms with Gasteiger partial charge in [-0.1, -0.05) is 6.07 Å². The molecule has 0 spiro atoms. The van der Waals surface area contributed by atoms with Gasteiger partial charge in [0.05, 0.1) is 11.3 Å². The van der Waals surface area contributed by atoms with Gasteiger partial charge in [-0.15, -0.1) is 0 Å². The smallest absolute Gasteiger partial charge is 0.324 e. The number of hydrogen-bond acceptors (Lipinski definition) is 6. The van der Waals surface area contributed by atoms with Crippen LogP contribution >= 0.6 is 0 Å². The Labute approximate surface area is 221 Å². The summed E-state index contributed by atoms with van der Waals surface area (Å²) in [4.78, 5) is 30.1. The monoisotopic (exact) mass is 532 g/mol. The molecule has 0 unspecified atom stereocenters. The molecule has 0 atom stereocenters. The van der Waals surface area contributed by atoms with E-state index in [2.05, 4.69) is 30.6 Å². The van der Waals surface area contributed by atoms with E-state index in [1.807, 2.05) is 20.0 Å². The first-order valence-electron chi connectivity index (χ1n) is 11.8. The second-order valence-corrected chi connectivity index (χ2v) is 8.88. The predicted molar refractivity (Wildman–Crippen MR) is 140 cm³/mol. The van der Waals surface area contributed by atoms with Crippen molar-refractivity contribution in [2.45, 2.75) is 26.9 Å². The van der Waals surface area contributed by atoms with Gasteiger partial charge in [-0.05, 0) is 62.7 Å². The van der Waals surface area contributed by atoms with Gasteiger partial charge in [0.2, 0.25) is 5.95 Å². The molecule has 5 rings (SSSR count). The molecule has 12 heteroatoms. The normalized spacial score (nSPS) is 11.4. The molecule has 0 bridgehead atoms. The highest BCUT2D eigenvalue weighted by atomic mass is 19.4. The quantitative estimate of drug-likeness (QED) is 0.287. The Morgan fingerprint density at radius 2 is 1.77 bits per heavy atom. The van der Waals surface area contributed by atoms with Crippen LogP contribution in [0, 0.1) is 20.8 Å². The van der Waals surface area contributed by atoms with Crippen LogP contribution in [-0.2, 0) is 6.18 Å². The summed E-state index contributed by atoms with van der Waals surface area (Å²) in [7, 11) is 0. The summed E-state index contributed by atoms with van der Waals surface area (Å²) in [5.74, 6) is 0.843. The Morgan fingerprint density at radius 3 is 2.46 bits per heavy atom. The van der Waals surface area contributed by atoms with Crippen molar-refractivity contribution >= 4 is 23.2 Å². The lowest BCUT2D eigenvalue weighted by atomic mass is 10.1. The third-order valence-corrected chi connectivity index (χ3v) is 5.97. The molecule has 2 N–H and O–H groups in total. The number of halogens is 3. The molecule has 0 aliphatic rings. The number of anilines is 3. The molecule has 1 amide bonds. The van der Waals surface area contributed by atoms with Gasteiger partial charge < -0.3 is 15.2 Å². The number of amides is 1. The fourth-order valence-corrected chi connectivity index (χ4v) is 3.96. The first kappa shape index (κ1) is 25.6. The number of alkyl halides is 3. The maximum Gasteiger partial charge on any atom is 0.416 e. The maximum absolute atomic E-state index is 13.6. The van der Waals surface area contributed by atoms with E-state index in [1.54, 1.807) is 54.5 Å². The first-order valence-corrected chi connectivity index (χ1v) is 11.8. The van der Waals surface area contributed by atoms with E-state index in [0.29, 0.717) is 23.3 Å². The molecule has 0 saturated heterocycles. The third kappa shape index (κ3) is 5.64. The number of nitrogens with zero attached hydrogens (tertiary/aromatic N) is 6. The topological polar surface area (TPSA) is 103 Å². The van der Waals surface area contributed by atoms with E-state index in [9.17, 15) is 18.0 Å². The van der Waals surface area contributed by atoms with Crippen molar-refractivity contribution in [2.75, 3.05) is 10.6 Å². The Balaban J connectivity index is 1.41. The van der Waals surface area contributed by atoms with Crippen LogP contribution in [0.2, 0.25) is 0 Å². The van der Waals surface area contributed by atoms with Crippen LogP contribution in [0.4, 0.5) is 30.5 Å². The summed E-state index contributed by atoms with van der Waals surface area (Å²) in [6, 6.07) is 10.0. The lowest BCUT2D eigenvalue weighted by molar-refractivity contribution is -0.137. The lowest BCUT2D eigenvalue weighted by Gasteiger charge is -2.15. The van der Waals surface area contributed by atoms with Crippen LogP contribution in [-0.4, -0.2) is 35.0 Å². The summed E-state index contributed by atoms with van der Waals surface area (Å²) in [5.41, 5.74) is 1.80. The van der Waals surface area contributed by atoms with Crippen molar-refractivity contribution in [2.24, 2.45) is 0 Å². The molecular formula is C27H23F3N8O. The number of carbonyl (C=O) groups is 1. The van der Waals surface area contributed by atoms with Gasteiger partial charge in [0.15, 0.2) is 0 Å². The van der Waals surface area contributed by atoms with E-state index < -0.39 is 17.6 Å². The molecule has 0 aliphatic carbocycles. The summed E-state index contributed by atoms with van der Waals surface area (Å²) in [6.07, 6.45) is 3.51. The lowest BCUT2D eigenvalue weighted by Crippen LogP contribution is -2.15. The van der Waals surface area contributed by atoms with Crippen LogP contribution in [0.5, 0.6) is 0 Å². The van der Waals surface area contributed by atoms with Gasteiger partial charge in [0.1, 0.15) is 18.0 Å². The molecule has 2 aromatic carbocycles. The molecule has 0 fully saturated rings. The highest BCUT2D eigenvalue weighted by molar-refractivity contribution is 6.05. The van der Waals surface area contributed by atoms with E-state index in [-0.39, 0.29) is 16.9 Å². The van der Waals surface area contributed by atoms with Crippen molar-refractivity contribution in [3.05, 3.63) is 102 Å². The molecule has 3 aromatic heterocycles. The summed E-state index contributed by atoms with van der Waals surface area (Å²) in [5, 5.41) is 5.71. The van der Waals surface area contributed by atoms with Crippen molar-refractivity contribution in [3.63, 3.8) is 0 Å². The number of hydrogen-bond donors (Lipinski definition) is 2.